The summed E-state index contributed by atoms with van der Waals surface area (Å²) in [7, 11) is 0. The normalized spacial score (nSPS) is 20.1. The van der Waals surface area contributed by atoms with Crippen LogP contribution in [0.15, 0.2) is 30.3 Å². The second kappa shape index (κ2) is 4.89. The van der Waals surface area contributed by atoms with Crippen molar-refractivity contribution in [1.29, 1.82) is 5.26 Å². The molecule has 0 unspecified atom stereocenters. The predicted molar refractivity (Wildman–Crippen MR) is 69.7 cm³/mol. The Labute approximate surface area is 104 Å². The number of nitriles is 1. The molecule has 1 aromatic carbocycles. The molecule has 0 saturated carbocycles. The highest BCUT2D eigenvalue weighted by molar-refractivity contribution is 5.33. The summed E-state index contributed by atoms with van der Waals surface area (Å²) in [5.41, 5.74) is 0.929. The molecule has 1 aromatic rings. The van der Waals surface area contributed by atoms with E-state index < -0.39 is 0 Å². The van der Waals surface area contributed by atoms with Gasteiger partial charge in [0, 0.05) is 19.1 Å². The smallest absolute Gasteiger partial charge is 0.0846 e. The van der Waals surface area contributed by atoms with Gasteiger partial charge in [0.2, 0.25) is 0 Å². The Balaban J connectivity index is 2.17. The van der Waals surface area contributed by atoms with Gasteiger partial charge in [-0.05, 0) is 32.3 Å². The molecule has 0 aromatic heterocycles. The number of hydrogen-bond acceptors (Lipinski definition) is 2. The number of benzene rings is 1. The molecule has 1 aliphatic heterocycles. The largest absolute Gasteiger partial charge is 0.301 e. The van der Waals surface area contributed by atoms with E-state index in [1.165, 1.54) is 5.56 Å². The highest BCUT2D eigenvalue weighted by Gasteiger charge is 2.36. The average molecular weight is 228 g/mol. The minimum absolute atomic E-state index is 0.257. The van der Waals surface area contributed by atoms with Crippen molar-refractivity contribution in [3.05, 3.63) is 35.9 Å². The van der Waals surface area contributed by atoms with E-state index in [-0.39, 0.29) is 5.41 Å². The molecule has 1 heterocycles. The van der Waals surface area contributed by atoms with E-state index in [1.807, 2.05) is 18.2 Å². The second-order valence-electron chi connectivity index (χ2n) is 5.19. The third-order valence-electron chi connectivity index (χ3n) is 3.92. The Kier molecular flexibility index (Phi) is 3.49. The Morgan fingerprint density at radius 2 is 1.76 bits per heavy atom. The highest BCUT2D eigenvalue weighted by atomic mass is 15.2. The molecule has 2 rings (SSSR count). The highest BCUT2D eigenvalue weighted by Crippen LogP contribution is 2.35. The lowest BCUT2D eigenvalue weighted by molar-refractivity contribution is 0.151. The van der Waals surface area contributed by atoms with Crippen molar-refractivity contribution in [2.75, 3.05) is 13.1 Å². The molecular weight excluding hydrogens is 208 g/mol. The topological polar surface area (TPSA) is 27.0 Å². The van der Waals surface area contributed by atoms with Gasteiger partial charge in [0.05, 0.1) is 11.5 Å². The van der Waals surface area contributed by atoms with Crippen molar-refractivity contribution in [3.8, 4) is 6.07 Å². The molecule has 2 nitrogen and oxygen atoms in total. The maximum Gasteiger partial charge on any atom is 0.0846 e. The van der Waals surface area contributed by atoms with Crippen LogP contribution >= 0.6 is 0 Å². The SMILES string of the molecule is CC(C)N1CCC(C#N)(c2ccccc2)CC1. The molecule has 0 atom stereocenters. The molecule has 2 heteroatoms. The van der Waals surface area contributed by atoms with Gasteiger partial charge in [-0.15, -0.1) is 0 Å². The van der Waals surface area contributed by atoms with Crippen molar-refractivity contribution in [1.82, 2.24) is 4.90 Å². The van der Waals surface area contributed by atoms with Crippen LogP contribution in [0.1, 0.15) is 32.3 Å². The van der Waals surface area contributed by atoms with Crippen LogP contribution in [0.2, 0.25) is 0 Å². The van der Waals surface area contributed by atoms with Crippen LogP contribution in [0.25, 0.3) is 0 Å². The summed E-state index contributed by atoms with van der Waals surface area (Å²) < 4.78 is 0. The number of likely N-dealkylation sites (tertiary alicyclic amines) is 1. The van der Waals surface area contributed by atoms with Crippen molar-refractivity contribution >= 4 is 0 Å². The first kappa shape index (κ1) is 12.1. The van der Waals surface area contributed by atoms with Gasteiger partial charge in [-0.2, -0.15) is 5.26 Å². The Bertz CT molecular complexity index is 395. The predicted octanol–water partition coefficient (Wildman–Crippen LogP) is 2.95. The van der Waals surface area contributed by atoms with Crippen LogP contribution in [0.3, 0.4) is 0 Å². The van der Waals surface area contributed by atoms with E-state index in [4.69, 9.17) is 0 Å². The summed E-state index contributed by atoms with van der Waals surface area (Å²) in [6.45, 7) is 6.50. The number of nitrogens with zero attached hydrogens (tertiary/aromatic N) is 2. The second-order valence-corrected chi connectivity index (χ2v) is 5.19. The molecule has 1 aliphatic rings. The minimum Gasteiger partial charge on any atom is -0.301 e. The molecular formula is C15H20N2. The Morgan fingerprint density at radius 3 is 2.24 bits per heavy atom. The quantitative estimate of drug-likeness (QED) is 0.778. The van der Waals surface area contributed by atoms with E-state index in [0.717, 1.165) is 25.9 Å². The molecule has 0 N–H and O–H groups in total. The van der Waals surface area contributed by atoms with Gasteiger partial charge in [-0.1, -0.05) is 30.3 Å². The molecule has 0 amide bonds. The minimum atomic E-state index is -0.257. The molecule has 1 fully saturated rings. The van der Waals surface area contributed by atoms with Crippen LogP contribution in [0, 0.1) is 11.3 Å². The first-order chi connectivity index (χ1) is 8.18. The van der Waals surface area contributed by atoms with Crippen LogP contribution in [0.5, 0.6) is 0 Å². The summed E-state index contributed by atoms with van der Waals surface area (Å²) in [5, 5.41) is 9.55. The summed E-state index contributed by atoms with van der Waals surface area (Å²) in [6.07, 6.45) is 1.90. The molecule has 17 heavy (non-hydrogen) atoms. The van der Waals surface area contributed by atoms with Crippen LogP contribution in [-0.2, 0) is 5.41 Å². The van der Waals surface area contributed by atoms with E-state index in [1.54, 1.807) is 0 Å². The third kappa shape index (κ3) is 2.35. The maximum atomic E-state index is 9.55. The van der Waals surface area contributed by atoms with E-state index >= 15 is 0 Å². The first-order valence-corrected chi connectivity index (χ1v) is 6.39. The number of piperidine rings is 1. The van der Waals surface area contributed by atoms with Crippen LogP contribution in [0.4, 0.5) is 0 Å². The van der Waals surface area contributed by atoms with E-state index in [9.17, 15) is 5.26 Å². The summed E-state index contributed by atoms with van der Waals surface area (Å²) >= 11 is 0. The van der Waals surface area contributed by atoms with Gasteiger partial charge < -0.3 is 4.90 Å². The van der Waals surface area contributed by atoms with Gasteiger partial charge >= 0.3 is 0 Å². The lowest BCUT2D eigenvalue weighted by atomic mass is 9.74. The average Bonchev–Trinajstić information content (AvgIpc) is 2.40. The monoisotopic (exact) mass is 228 g/mol. The molecule has 0 radical (unpaired) electrons. The number of rotatable bonds is 2. The zero-order valence-electron chi connectivity index (χ0n) is 10.7. The fourth-order valence-electron chi connectivity index (χ4n) is 2.64. The van der Waals surface area contributed by atoms with Crippen molar-refractivity contribution < 1.29 is 0 Å². The van der Waals surface area contributed by atoms with Crippen molar-refractivity contribution in [2.45, 2.75) is 38.1 Å². The van der Waals surface area contributed by atoms with Gasteiger partial charge in [0.15, 0.2) is 0 Å². The lowest BCUT2D eigenvalue weighted by Gasteiger charge is -2.39. The summed E-state index contributed by atoms with van der Waals surface area (Å²) in [5.74, 6) is 0. The van der Waals surface area contributed by atoms with Gasteiger partial charge in [-0.25, -0.2) is 0 Å². The summed E-state index contributed by atoms with van der Waals surface area (Å²) in [6, 6.07) is 13.4. The van der Waals surface area contributed by atoms with E-state index in [2.05, 4.69) is 36.9 Å². The Morgan fingerprint density at radius 1 is 1.18 bits per heavy atom. The first-order valence-electron chi connectivity index (χ1n) is 6.39. The van der Waals surface area contributed by atoms with Crippen LogP contribution < -0.4 is 0 Å². The summed E-state index contributed by atoms with van der Waals surface area (Å²) in [4.78, 5) is 2.46. The fourth-order valence-corrected chi connectivity index (χ4v) is 2.64. The van der Waals surface area contributed by atoms with Gasteiger partial charge in [-0.3, -0.25) is 0 Å². The number of hydrogen-bond donors (Lipinski definition) is 0. The van der Waals surface area contributed by atoms with E-state index in [0.29, 0.717) is 6.04 Å². The lowest BCUT2D eigenvalue weighted by Crippen LogP contribution is -2.44. The molecule has 0 spiro atoms. The molecule has 0 aliphatic carbocycles. The molecule has 1 saturated heterocycles. The Hall–Kier alpha value is -1.33. The standard InChI is InChI=1S/C15H20N2/c1-13(2)17-10-8-15(12-16,9-11-17)14-6-4-3-5-7-14/h3-7,13H,8-11H2,1-2H3. The van der Waals surface area contributed by atoms with Crippen LogP contribution in [-0.4, -0.2) is 24.0 Å². The molecule has 0 bridgehead atoms. The third-order valence-corrected chi connectivity index (χ3v) is 3.92. The van der Waals surface area contributed by atoms with Crippen molar-refractivity contribution in [3.63, 3.8) is 0 Å². The van der Waals surface area contributed by atoms with Crippen molar-refractivity contribution in [2.24, 2.45) is 0 Å². The maximum absolute atomic E-state index is 9.55. The van der Waals surface area contributed by atoms with Gasteiger partial charge in [0.25, 0.3) is 0 Å². The van der Waals surface area contributed by atoms with Gasteiger partial charge in [0.1, 0.15) is 0 Å². The molecule has 90 valence electrons. The zero-order valence-corrected chi connectivity index (χ0v) is 10.7. The zero-order chi connectivity index (χ0) is 12.3. The fraction of sp³-hybridized carbons (Fsp3) is 0.533.